The molecule has 21 heavy (non-hydrogen) atoms. The van der Waals surface area contributed by atoms with Crippen molar-refractivity contribution in [3.8, 4) is 5.75 Å². The lowest BCUT2D eigenvalue weighted by molar-refractivity contribution is -0.384. The largest absolute Gasteiger partial charge is 0.507 e. The minimum Gasteiger partial charge on any atom is -0.507 e. The van der Waals surface area contributed by atoms with Crippen LogP contribution < -0.4 is 0 Å². The quantitative estimate of drug-likeness (QED) is 0.518. The summed E-state index contributed by atoms with van der Waals surface area (Å²) in [5.41, 5.74) is 1.47. The second-order valence-electron chi connectivity index (χ2n) is 4.81. The molecule has 2 aromatic rings. The monoisotopic (exact) mass is 284 g/mol. The summed E-state index contributed by atoms with van der Waals surface area (Å²) < 4.78 is 0. The minimum absolute atomic E-state index is 0.0169. The zero-order valence-electron chi connectivity index (χ0n) is 11.6. The maximum absolute atomic E-state index is 10.7. The summed E-state index contributed by atoms with van der Waals surface area (Å²) in [6.07, 6.45) is 1.47. The van der Waals surface area contributed by atoms with Crippen LogP contribution in [0.5, 0.6) is 5.75 Å². The number of nitro groups is 1. The summed E-state index contributed by atoms with van der Waals surface area (Å²) in [6, 6.07) is 13.9. The van der Waals surface area contributed by atoms with Crippen LogP contribution in [-0.4, -0.2) is 22.8 Å². The van der Waals surface area contributed by atoms with Crippen molar-refractivity contribution in [3.05, 3.63) is 69.8 Å². The first-order valence-corrected chi connectivity index (χ1v) is 6.60. The average molecular weight is 284 g/mol. The fourth-order valence-electron chi connectivity index (χ4n) is 1.96. The third-order valence-electron chi connectivity index (χ3n) is 3.20. The Kier molecular flexibility index (Phi) is 4.66. The van der Waals surface area contributed by atoms with Crippen LogP contribution in [0.1, 0.15) is 24.0 Å². The number of aliphatic imine (C=N–C) groups is 1. The zero-order chi connectivity index (χ0) is 15.2. The predicted octanol–water partition coefficient (Wildman–Crippen LogP) is 3.52. The highest BCUT2D eigenvalue weighted by molar-refractivity contribution is 5.84. The number of non-ortho nitro benzene ring substituents is 1. The van der Waals surface area contributed by atoms with E-state index >= 15 is 0 Å². The van der Waals surface area contributed by atoms with Crippen molar-refractivity contribution in [2.75, 3.05) is 6.54 Å². The van der Waals surface area contributed by atoms with Gasteiger partial charge in [-0.3, -0.25) is 15.1 Å². The molecule has 2 rings (SSSR count). The third kappa shape index (κ3) is 3.89. The number of hydrogen-bond acceptors (Lipinski definition) is 4. The van der Waals surface area contributed by atoms with Gasteiger partial charge >= 0.3 is 0 Å². The number of aromatic hydroxyl groups is 1. The van der Waals surface area contributed by atoms with E-state index in [0.29, 0.717) is 12.1 Å². The van der Waals surface area contributed by atoms with Crippen LogP contribution in [0.4, 0.5) is 5.69 Å². The summed E-state index contributed by atoms with van der Waals surface area (Å²) in [5.74, 6) is 0.222. The van der Waals surface area contributed by atoms with Gasteiger partial charge in [0.05, 0.1) is 4.92 Å². The number of phenols is 1. The highest BCUT2D eigenvalue weighted by atomic mass is 16.6. The molecular formula is C16H16N2O3. The van der Waals surface area contributed by atoms with E-state index in [1.807, 2.05) is 30.3 Å². The summed E-state index contributed by atoms with van der Waals surface area (Å²) in [6.45, 7) is 2.60. The van der Waals surface area contributed by atoms with Gasteiger partial charge in [0.25, 0.3) is 5.69 Å². The molecule has 1 N–H and O–H groups in total. The molecule has 0 aliphatic rings. The summed E-state index contributed by atoms with van der Waals surface area (Å²) in [4.78, 5) is 14.5. The van der Waals surface area contributed by atoms with Crippen LogP contribution in [0, 0.1) is 10.1 Å². The van der Waals surface area contributed by atoms with E-state index in [2.05, 4.69) is 11.9 Å². The molecule has 0 aromatic heterocycles. The number of nitrogens with zero attached hydrogens (tertiary/aromatic N) is 2. The molecule has 0 radical (unpaired) electrons. The van der Waals surface area contributed by atoms with Crippen LogP contribution >= 0.6 is 0 Å². The Labute approximate surface area is 122 Å². The smallest absolute Gasteiger partial charge is 0.270 e. The Morgan fingerprint density at radius 3 is 2.67 bits per heavy atom. The molecule has 0 saturated heterocycles. The van der Waals surface area contributed by atoms with Crippen LogP contribution in [-0.2, 0) is 0 Å². The minimum atomic E-state index is -0.497. The maximum atomic E-state index is 10.7. The van der Waals surface area contributed by atoms with E-state index in [0.717, 1.165) is 0 Å². The van der Waals surface area contributed by atoms with Crippen molar-refractivity contribution in [2.45, 2.75) is 12.8 Å². The van der Waals surface area contributed by atoms with Gasteiger partial charge in [0.15, 0.2) is 0 Å². The molecular weight excluding hydrogens is 268 g/mol. The van der Waals surface area contributed by atoms with Gasteiger partial charge in [-0.15, -0.1) is 0 Å². The standard InChI is InChI=1S/C16H16N2O3/c1-12(13-5-3-2-4-6-13)10-17-11-14-9-15(18(20)21)7-8-16(14)19/h2-9,11-12,19H,10H2,1H3/t12-/m1/s1. The highest BCUT2D eigenvalue weighted by Gasteiger charge is 2.09. The van der Waals surface area contributed by atoms with Gasteiger partial charge in [0.1, 0.15) is 5.75 Å². The van der Waals surface area contributed by atoms with E-state index in [4.69, 9.17) is 0 Å². The first-order valence-electron chi connectivity index (χ1n) is 6.60. The average Bonchev–Trinajstić information content (AvgIpc) is 2.49. The van der Waals surface area contributed by atoms with E-state index in [9.17, 15) is 15.2 Å². The van der Waals surface area contributed by atoms with Crippen LogP contribution in [0.15, 0.2) is 53.5 Å². The van der Waals surface area contributed by atoms with Gasteiger partial charge in [0.2, 0.25) is 0 Å². The molecule has 108 valence electrons. The molecule has 0 unspecified atom stereocenters. The first kappa shape index (κ1) is 14.7. The van der Waals surface area contributed by atoms with Gasteiger partial charge in [0, 0.05) is 36.4 Å². The maximum Gasteiger partial charge on any atom is 0.270 e. The summed E-state index contributed by atoms with van der Waals surface area (Å²) in [5, 5.41) is 20.4. The number of phenolic OH excluding ortho intramolecular Hbond substituents is 1. The van der Waals surface area contributed by atoms with E-state index in [-0.39, 0.29) is 17.4 Å². The lowest BCUT2D eigenvalue weighted by Gasteiger charge is -2.08. The second kappa shape index (κ2) is 6.65. The van der Waals surface area contributed by atoms with Crippen molar-refractivity contribution in [2.24, 2.45) is 4.99 Å². The van der Waals surface area contributed by atoms with Crippen molar-refractivity contribution < 1.29 is 10.0 Å². The van der Waals surface area contributed by atoms with Crippen LogP contribution in [0.25, 0.3) is 0 Å². The molecule has 0 aliphatic carbocycles. The third-order valence-corrected chi connectivity index (χ3v) is 3.20. The Morgan fingerprint density at radius 1 is 1.29 bits per heavy atom. The molecule has 0 fully saturated rings. The normalized spacial score (nSPS) is 12.4. The Hall–Kier alpha value is -2.69. The summed E-state index contributed by atoms with van der Waals surface area (Å²) >= 11 is 0. The summed E-state index contributed by atoms with van der Waals surface area (Å²) in [7, 11) is 0. The number of nitro benzene ring substituents is 1. The van der Waals surface area contributed by atoms with Gasteiger partial charge in [-0.1, -0.05) is 37.3 Å². The molecule has 1 atom stereocenters. The second-order valence-corrected chi connectivity index (χ2v) is 4.81. The van der Waals surface area contributed by atoms with E-state index < -0.39 is 4.92 Å². The highest BCUT2D eigenvalue weighted by Crippen LogP contribution is 2.21. The fourth-order valence-corrected chi connectivity index (χ4v) is 1.96. The van der Waals surface area contributed by atoms with Crippen molar-refractivity contribution in [3.63, 3.8) is 0 Å². The topological polar surface area (TPSA) is 75.7 Å². The molecule has 0 aliphatic heterocycles. The SMILES string of the molecule is C[C@H](CN=Cc1cc([N+](=O)[O-])ccc1O)c1ccccc1. The van der Waals surface area contributed by atoms with Crippen LogP contribution in [0.2, 0.25) is 0 Å². The zero-order valence-corrected chi connectivity index (χ0v) is 11.6. The lowest BCUT2D eigenvalue weighted by Crippen LogP contribution is -1.98. The molecule has 5 nitrogen and oxygen atoms in total. The van der Waals surface area contributed by atoms with Gasteiger partial charge < -0.3 is 5.11 Å². The Balaban J connectivity index is 2.08. The molecule has 0 saturated carbocycles. The number of benzene rings is 2. The lowest BCUT2D eigenvalue weighted by atomic mass is 10.0. The molecule has 0 spiro atoms. The predicted molar refractivity (Wildman–Crippen MR) is 82.1 cm³/mol. The molecule has 2 aromatic carbocycles. The molecule has 5 heteroatoms. The number of hydrogen-bond donors (Lipinski definition) is 1. The van der Waals surface area contributed by atoms with Gasteiger partial charge in [-0.05, 0) is 11.6 Å². The van der Waals surface area contributed by atoms with Crippen molar-refractivity contribution in [1.82, 2.24) is 0 Å². The molecule has 0 heterocycles. The van der Waals surface area contributed by atoms with Crippen molar-refractivity contribution >= 4 is 11.9 Å². The van der Waals surface area contributed by atoms with Gasteiger partial charge in [-0.2, -0.15) is 0 Å². The number of rotatable bonds is 5. The Bertz CT molecular complexity index is 654. The fraction of sp³-hybridized carbons (Fsp3) is 0.188. The van der Waals surface area contributed by atoms with Gasteiger partial charge in [-0.25, -0.2) is 0 Å². The van der Waals surface area contributed by atoms with Crippen LogP contribution in [0.3, 0.4) is 0 Å². The molecule has 0 bridgehead atoms. The van der Waals surface area contributed by atoms with Crippen molar-refractivity contribution in [1.29, 1.82) is 0 Å². The Morgan fingerprint density at radius 2 is 2.00 bits per heavy atom. The molecule has 0 amide bonds. The first-order chi connectivity index (χ1) is 10.1. The van der Waals surface area contributed by atoms with E-state index in [1.54, 1.807) is 0 Å². The van der Waals surface area contributed by atoms with E-state index in [1.165, 1.54) is 30.0 Å².